The number of rotatable bonds is 7. The normalized spacial score (nSPS) is 10.2. The Labute approximate surface area is 150 Å². The molecule has 25 heavy (non-hydrogen) atoms. The number of halogens is 1. The van der Waals surface area contributed by atoms with Crippen LogP contribution < -0.4 is 16.4 Å². The molecular weight excluding hydrogens is 344 g/mol. The van der Waals surface area contributed by atoms with Crippen LogP contribution >= 0.6 is 11.6 Å². The number of nitrogens with one attached hydrogen (secondary N) is 2. The lowest BCUT2D eigenvalue weighted by Gasteiger charge is -2.10. The molecule has 4 N–H and O–H groups in total. The minimum Gasteiger partial charge on any atom is -0.462 e. The van der Waals surface area contributed by atoms with Gasteiger partial charge in [0.2, 0.25) is 5.91 Å². The molecule has 1 amide bonds. The zero-order chi connectivity index (χ0) is 18.2. The summed E-state index contributed by atoms with van der Waals surface area (Å²) in [7, 11) is 0. The number of benzene rings is 1. The van der Waals surface area contributed by atoms with Crippen LogP contribution in [0.2, 0.25) is 5.15 Å². The third-order valence-corrected chi connectivity index (χ3v) is 3.57. The lowest BCUT2D eigenvalue weighted by atomic mass is 10.2. The molecule has 0 spiro atoms. The predicted octanol–water partition coefficient (Wildman–Crippen LogP) is 2.93. The largest absolute Gasteiger partial charge is 0.462 e. The molecule has 8 heteroatoms. The maximum Gasteiger partial charge on any atom is 0.338 e. The van der Waals surface area contributed by atoms with Crippen LogP contribution in [0.3, 0.4) is 0 Å². The average Bonchev–Trinajstić information content (AvgIpc) is 2.59. The van der Waals surface area contributed by atoms with Gasteiger partial charge in [-0.3, -0.25) is 4.79 Å². The van der Waals surface area contributed by atoms with Gasteiger partial charge in [0.25, 0.3) is 0 Å². The Kier molecular flexibility index (Phi) is 6.59. The molecule has 1 heterocycles. The molecule has 1 aromatic heterocycles. The van der Waals surface area contributed by atoms with Gasteiger partial charge >= 0.3 is 5.97 Å². The molecule has 0 saturated carbocycles. The smallest absolute Gasteiger partial charge is 0.338 e. The van der Waals surface area contributed by atoms with Crippen molar-refractivity contribution in [1.82, 2.24) is 4.98 Å². The van der Waals surface area contributed by atoms with E-state index in [4.69, 9.17) is 22.1 Å². The summed E-state index contributed by atoms with van der Waals surface area (Å²) in [6.07, 6.45) is 1.74. The van der Waals surface area contributed by atoms with Gasteiger partial charge in [-0.25, -0.2) is 9.78 Å². The molecular formula is C17H19ClN4O3. The summed E-state index contributed by atoms with van der Waals surface area (Å²) in [5, 5.41) is 5.98. The Morgan fingerprint density at radius 3 is 2.88 bits per heavy atom. The molecule has 132 valence electrons. The third-order valence-electron chi connectivity index (χ3n) is 3.27. The number of nitrogens with zero attached hydrogens (tertiary/aromatic N) is 1. The Morgan fingerprint density at radius 1 is 1.32 bits per heavy atom. The minimum absolute atomic E-state index is 0.202. The number of esters is 1. The maximum absolute atomic E-state index is 12.0. The van der Waals surface area contributed by atoms with Gasteiger partial charge in [-0.1, -0.05) is 17.7 Å². The number of aromatic nitrogens is 1. The van der Waals surface area contributed by atoms with Crippen molar-refractivity contribution in [2.24, 2.45) is 0 Å². The molecule has 0 unspecified atom stereocenters. The van der Waals surface area contributed by atoms with Crippen molar-refractivity contribution in [2.75, 3.05) is 29.5 Å². The van der Waals surface area contributed by atoms with E-state index in [1.807, 2.05) is 0 Å². The molecule has 0 fully saturated rings. The summed E-state index contributed by atoms with van der Waals surface area (Å²) in [5.74, 6) is -0.627. The number of hydrogen-bond donors (Lipinski definition) is 3. The number of nitrogen functional groups attached to an aromatic ring is 1. The second-order valence-corrected chi connectivity index (χ2v) is 5.45. The number of carbonyl (C=O) groups excluding carboxylic acids is 2. The highest BCUT2D eigenvalue weighted by Gasteiger charge is 2.09. The van der Waals surface area contributed by atoms with Crippen molar-refractivity contribution in [3.63, 3.8) is 0 Å². The van der Waals surface area contributed by atoms with Gasteiger partial charge in [0.15, 0.2) is 5.15 Å². The van der Waals surface area contributed by atoms with E-state index in [9.17, 15) is 9.59 Å². The molecule has 1 aromatic carbocycles. The Balaban J connectivity index is 1.87. The third kappa shape index (κ3) is 5.36. The molecule has 0 aliphatic carbocycles. The first-order chi connectivity index (χ1) is 12.0. The molecule has 0 saturated heterocycles. The van der Waals surface area contributed by atoms with Gasteiger partial charge in [0.1, 0.15) is 0 Å². The van der Waals surface area contributed by atoms with Crippen molar-refractivity contribution in [1.29, 1.82) is 0 Å². The monoisotopic (exact) mass is 362 g/mol. The zero-order valence-electron chi connectivity index (χ0n) is 13.7. The first-order valence-electron chi connectivity index (χ1n) is 7.72. The number of carbonyl (C=O) groups is 2. The number of pyridine rings is 1. The van der Waals surface area contributed by atoms with E-state index in [2.05, 4.69) is 15.6 Å². The molecule has 0 aliphatic rings. The summed E-state index contributed by atoms with van der Waals surface area (Å²) < 4.78 is 4.93. The summed E-state index contributed by atoms with van der Waals surface area (Å²) in [6.45, 7) is 2.40. The van der Waals surface area contributed by atoms with Crippen LogP contribution in [0, 0.1) is 0 Å². The van der Waals surface area contributed by atoms with Crippen molar-refractivity contribution in [3.05, 3.63) is 47.2 Å². The van der Waals surface area contributed by atoms with E-state index in [1.54, 1.807) is 37.3 Å². The highest BCUT2D eigenvalue weighted by Crippen LogP contribution is 2.24. The number of nitrogens with two attached hydrogens (primary N) is 1. The predicted molar refractivity (Wildman–Crippen MR) is 97.8 cm³/mol. The average molecular weight is 363 g/mol. The molecule has 0 atom stereocenters. The van der Waals surface area contributed by atoms with Crippen LogP contribution in [0.25, 0.3) is 0 Å². The van der Waals surface area contributed by atoms with Crippen LogP contribution in [0.1, 0.15) is 23.7 Å². The first kappa shape index (κ1) is 18.5. The van der Waals surface area contributed by atoms with E-state index in [1.165, 1.54) is 6.20 Å². The molecule has 0 radical (unpaired) electrons. The second kappa shape index (κ2) is 8.89. The number of ether oxygens (including phenoxy) is 1. The molecule has 0 aliphatic heterocycles. The van der Waals surface area contributed by atoms with E-state index >= 15 is 0 Å². The molecule has 2 aromatic rings. The summed E-state index contributed by atoms with van der Waals surface area (Å²) in [5.41, 5.74) is 7.67. The summed E-state index contributed by atoms with van der Waals surface area (Å²) >= 11 is 5.83. The fraction of sp³-hybridized carbons (Fsp3) is 0.235. The quantitative estimate of drug-likeness (QED) is 0.516. The summed E-state index contributed by atoms with van der Waals surface area (Å²) in [6, 6.07) is 8.27. The van der Waals surface area contributed by atoms with Crippen molar-refractivity contribution >= 4 is 40.5 Å². The van der Waals surface area contributed by atoms with E-state index in [-0.39, 0.29) is 17.5 Å². The van der Waals surface area contributed by atoms with Crippen molar-refractivity contribution < 1.29 is 14.3 Å². The van der Waals surface area contributed by atoms with E-state index in [0.29, 0.717) is 35.8 Å². The minimum atomic E-state index is -0.426. The highest BCUT2D eigenvalue weighted by molar-refractivity contribution is 6.32. The fourth-order valence-electron chi connectivity index (χ4n) is 2.07. The highest BCUT2D eigenvalue weighted by atomic mass is 35.5. The number of anilines is 3. The summed E-state index contributed by atoms with van der Waals surface area (Å²) in [4.78, 5) is 27.6. The lowest BCUT2D eigenvalue weighted by Crippen LogP contribution is -2.17. The SMILES string of the molecule is CCOC(=O)c1cccc(NC(=O)CCNc2ccnc(Cl)c2N)c1. The van der Waals surface area contributed by atoms with Crippen LogP contribution in [0.15, 0.2) is 36.5 Å². The van der Waals surface area contributed by atoms with Crippen molar-refractivity contribution in [3.8, 4) is 0 Å². The van der Waals surface area contributed by atoms with Crippen LogP contribution in [0.5, 0.6) is 0 Å². The van der Waals surface area contributed by atoms with Gasteiger partial charge in [0, 0.05) is 24.8 Å². The lowest BCUT2D eigenvalue weighted by molar-refractivity contribution is -0.115. The Hall–Kier alpha value is -2.80. The first-order valence-corrected chi connectivity index (χ1v) is 8.10. The topological polar surface area (TPSA) is 106 Å². The van der Waals surface area contributed by atoms with Crippen molar-refractivity contribution in [2.45, 2.75) is 13.3 Å². The van der Waals surface area contributed by atoms with E-state index < -0.39 is 5.97 Å². The maximum atomic E-state index is 12.0. The van der Waals surface area contributed by atoms with Crippen LogP contribution in [0.4, 0.5) is 17.1 Å². The standard InChI is InChI=1S/C17H19ClN4O3/c1-2-25-17(24)11-4-3-5-12(10-11)22-14(23)7-9-20-13-6-8-21-16(18)15(13)19/h3-6,8,10H,2,7,9,19H2,1H3,(H,20,21)(H,22,23). The van der Waals surface area contributed by atoms with Crippen LogP contribution in [-0.4, -0.2) is 30.0 Å². The zero-order valence-corrected chi connectivity index (χ0v) is 14.5. The molecule has 2 rings (SSSR count). The van der Waals surface area contributed by atoms with Gasteiger partial charge in [-0.15, -0.1) is 0 Å². The Morgan fingerprint density at radius 2 is 2.12 bits per heavy atom. The van der Waals surface area contributed by atoms with Gasteiger partial charge in [-0.05, 0) is 31.2 Å². The fourth-order valence-corrected chi connectivity index (χ4v) is 2.23. The van der Waals surface area contributed by atoms with Gasteiger partial charge < -0.3 is 21.1 Å². The van der Waals surface area contributed by atoms with Crippen LogP contribution in [-0.2, 0) is 9.53 Å². The van der Waals surface area contributed by atoms with Gasteiger partial charge in [0.05, 0.1) is 23.5 Å². The number of hydrogen-bond acceptors (Lipinski definition) is 6. The number of amides is 1. The van der Waals surface area contributed by atoms with Gasteiger partial charge in [-0.2, -0.15) is 0 Å². The Bertz CT molecular complexity index is 767. The second-order valence-electron chi connectivity index (χ2n) is 5.09. The van der Waals surface area contributed by atoms with E-state index in [0.717, 1.165) is 0 Å². The molecule has 0 bridgehead atoms. The molecule has 7 nitrogen and oxygen atoms in total.